The molecule has 0 bridgehead atoms. The van der Waals surface area contributed by atoms with Gasteiger partial charge < -0.3 is 5.73 Å². The lowest BCUT2D eigenvalue weighted by atomic mass is 10.2. The van der Waals surface area contributed by atoms with Crippen molar-refractivity contribution in [3.05, 3.63) is 47.9 Å². The zero-order valence-corrected chi connectivity index (χ0v) is 10.4. The normalized spacial score (nSPS) is 12.0. The lowest BCUT2D eigenvalue weighted by Gasteiger charge is -2.09. The molecular formula is C13H8F4N4. The SMILES string of the molecule is Nc1cc(C(F)(F)F)cn2c(-c3ccc(F)cc3)nnc12. The number of nitrogens with two attached hydrogens (primary N) is 1. The van der Waals surface area contributed by atoms with Crippen molar-refractivity contribution in [3.8, 4) is 11.4 Å². The van der Waals surface area contributed by atoms with E-state index in [4.69, 9.17) is 5.73 Å². The van der Waals surface area contributed by atoms with Crippen molar-refractivity contribution in [2.75, 3.05) is 5.73 Å². The number of aromatic nitrogens is 3. The highest BCUT2D eigenvalue weighted by atomic mass is 19.4. The molecule has 0 fully saturated rings. The van der Waals surface area contributed by atoms with Gasteiger partial charge >= 0.3 is 6.18 Å². The van der Waals surface area contributed by atoms with Gasteiger partial charge in [0.25, 0.3) is 0 Å². The van der Waals surface area contributed by atoms with Crippen molar-refractivity contribution < 1.29 is 17.6 Å². The van der Waals surface area contributed by atoms with Crippen molar-refractivity contribution in [3.63, 3.8) is 0 Å². The summed E-state index contributed by atoms with van der Waals surface area (Å²) in [6, 6.07) is 5.99. The van der Waals surface area contributed by atoms with Crippen LogP contribution in [0, 0.1) is 5.82 Å². The molecule has 8 heteroatoms. The van der Waals surface area contributed by atoms with Crippen LogP contribution in [0.5, 0.6) is 0 Å². The van der Waals surface area contributed by atoms with Crippen molar-refractivity contribution in [2.45, 2.75) is 6.18 Å². The highest BCUT2D eigenvalue weighted by Crippen LogP contribution is 2.32. The smallest absolute Gasteiger partial charge is 0.396 e. The van der Waals surface area contributed by atoms with Gasteiger partial charge in [-0.25, -0.2) is 4.39 Å². The fraction of sp³-hybridized carbons (Fsp3) is 0.0769. The van der Waals surface area contributed by atoms with Crippen LogP contribution < -0.4 is 5.73 Å². The molecule has 0 atom stereocenters. The highest BCUT2D eigenvalue weighted by Gasteiger charge is 2.32. The number of alkyl halides is 3. The summed E-state index contributed by atoms with van der Waals surface area (Å²) in [5, 5.41) is 7.59. The summed E-state index contributed by atoms with van der Waals surface area (Å²) in [5.41, 5.74) is 5.09. The summed E-state index contributed by atoms with van der Waals surface area (Å²) in [5.74, 6) is -0.300. The van der Waals surface area contributed by atoms with Crippen LogP contribution in [0.25, 0.3) is 17.0 Å². The maximum atomic E-state index is 12.9. The zero-order valence-electron chi connectivity index (χ0n) is 10.4. The molecular weight excluding hydrogens is 288 g/mol. The Morgan fingerprint density at radius 3 is 2.33 bits per heavy atom. The Bertz CT molecular complexity index is 805. The third kappa shape index (κ3) is 2.28. The van der Waals surface area contributed by atoms with Gasteiger partial charge in [-0.05, 0) is 30.3 Å². The van der Waals surface area contributed by atoms with Crippen LogP contribution in [0.3, 0.4) is 0 Å². The summed E-state index contributed by atoms with van der Waals surface area (Å²) in [6.45, 7) is 0. The number of nitrogen functional groups attached to an aromatic ring is 1. The summed E-state index contributed by atoms with van der Waals surface area (Å²) in [7, 11) is 0. The minimum absolute atomic E-state index is 0.113. The van der Waals surface area contributed by atoms with E-state index in [1.807, 2.05) is 0 Å². The number of pyridine rings is 1. The topological polar surface area (TPSA) is 56.2 Å². The Kier molecular flexibility index (Phi) is 2.82. The van der Waals surface area contributed by atoms with Gasteiger partial charge in [-0.2, -0.15) is 13.2 Å². The second kappa shape index (κ2) is 4.44. The number of hydrogen-bond donors (Lipinski definition) is 1. The van der Waals surface area contributed by atoms with Crippen LogP contribution in [-0.2, 0) is 6.18 Å². The molecule has 0 aliphatic heterocycles. The van der Waals surface area contributed by atoms with Gasteiger partial charge in [0.05, 0.1) is 11.3 Å². The van der Waals surface area contributed by atoms with E-state index in [1.54, 1.807) is 0 Å². The van der Waals surface area contributed by atoms with E-state index >= 15 is 0 Å². The first-order chi connectivity index (χ1) is 9.86. The standard InChI is InChI=1S/C13H8F4N4/c14-9-3-1-7(2-4-9)11-19-20-12-10(18)5-8(6-21(11)12)13(15,16)17/h1-6H,18H2. The molecule has 0 saturated heterocycles. The third-order valence-corrected chi connectivity index (χ3v) is 2.96. The van der Waals surface area contributed by atoms with E-state index in [1.165, 1.54) is 24.3 Å². The fourth-order valence-electron chi connectivity index (χ4n) is 1.97. The molecule has 0 spiro atoms. The molecule has 4 nitrogen and oxygen atoms in total. The van der Waals surface area contributed by atoms with Crippen LogP contribution >= 0.6 is 0 Å². The molecule has 0 unspecified atom stereocenters. The monoisotopic (exact) mass is 296 g/mol. The Morgan fingerprint density at radius 2 is 1.71 bits per heavy atom. The van der Waals surface area contributed by atoms with E-state index in [0.29, 0.717) is 5.56 Å². The molecule has 2 heterocycles. The largest absolute Gasteiger partial charge is 0.417 e. The lowest BCUT2D eigenvalue weighted by molar-refractivity contribution is -0.137. The van der Waals surface area contributed by atoms with Gasteiger partial charge in [-0.15, -0.1) is 10.2 Å². The van der Waals surface area contributed by atoms with Gasteiger partial charge in [0, 0.05) is 11.8 Å². The second-order valence-corrected chi connectivity index (χ2v) is 4.41. The van der Waals surface area contributed by atoms with Crippen molar-refractivity contribution >= 4 is 11.3 Å². The number of nitrogens with zero attached hydrogens (tertiary/aromatic N) is 3. The van der Waals surface area contributed by atoms with Gasteiger partial charge in [0.15, 0.2) is 11.5 Å². The van der Waals surface area contributed by atoms with Crippen LogP contribution in [0.2, 0.25) is 0 Å². The van der Waals surface area contributed by atoms with E-state index in [-0.39, 0.29) is 17.2 Å². The van der Waals surface area contributed by atoms with Gasteiger partial charge in [-0.3, -0.25) is 4.40 Å². The molecule has 2 aromatic heterocycles. The molecule has 1 aromatic carbocycles. The van der Waals surface area contributed by atoms with Crippen molar-refractivity contribution in [2.24, 2.45) is 0 Å². The molecule has 2 N–H and O–H groups in total. The molecule has 3 rings (SSSR count). The molecule has 3 aromatic rings. The predicted octanol–water partition coefficient (Wildman–Crippen LogP) is 3.14. The first-order valence-corrected chi connectivity index (χ1v) is 5.83. The number of fused-ring (bicyclic) bond motifs is 1. The molecule has 21 heavy (non-hydrogen) atoms. The maximum Gasteiger partial charge on any atom is 0.417 e. The van der Waals surface area contributed by atoms with Crippen LogP contribution in [0.15, 0.2) is 36.5 Å². The van der Waals surface area contributed by atoms with Crippen LogP contribution in [-0.4, -0.2) is 14.6 Å². The molecule has 0 aliphatic rings. The number of rotatable bonds is 1. The summed E-state index contributed by atoms with van der Waals surface area (Å²) in [4.78, 5) is 0. The van der Waals surface area contributed by atoms with E-state index in [0.717, 1.165) is 16.7 Å². The average molecular weight is 296 g/mol. The first-order valence-electron chi connectivity index (χ1n) is 5.83. The molecule has 108 valence electrons. The van der Waals surface area contributed by atoms with Crippen LogP contribution in [0.1, 0.15) is 5.56 Å². The van der Waals surface area contributed by atoms with E-state index in [9.17, 15) is 17.6 Å². The average Bonchev–Trinajstić information content (AvgIpc) is 2.83. The van der Waals surface area contributed by atoms with Gasteiger partial charge in [-0.1, -0.05) is 0 Å². The lowest BCUT2D eigenvalue weighted by Crippen LogP contribution is -2.08. The second-order valence-electron chi connectivity index (χ2n) is 4.41. The molecule has 0 aliphatic carbocycles. The highest BCUT2D eigenvalue weighted by molar-refractivity contribution is 5.70. The predicted molar refractivity (Wildman–Crippen MR) is 67.8 cm³/mol. The van der Waals surface area contributed by atoms with Gasteiger partial charge in [0.1, 0.15) is 5.82 Å². The number of hydrogen-bond acceptors (Lipinski definition) is 3. The third-order valence-electron chi connectivity index (χ3n) is 2.96. The zero-order chi connectivity index (χ0) is 15.2. The Morgan fingerprint density at radius 1 is 1.05 bits per heavy atom. The minimum atomic E-state index is -4.54. The summed E-state index contributed by atoms with van der Waals surface area (Å²) >= 11 is 0. The van der Waals surface area contributed by atoms with Crippen molar-refractivity contribution in [1.82, 2.24) is 14.6 Å². The van der Waals surface area contributed by atoms with E-state index in [2.05, 4.69) is 10.2 Å². The quantitative estimate of drug-likeness (QED) is 0.702. The Balaban J connectivity index is 2.25. The Labute approximate surface area is 115 Å². The number of anilines is 1. The molecule has 0 amide bonds. The fourth-order valence-corrected chi connectivity index (χ4v) is 1.97. The minimum Gasteiger partial charge on any atom is -0.396 e. The van der Waals surface area contributed by atoms with Crippen LogP contribution in [0.4, 0.5) is 23.2 Å². The van der Waals surface area contributed by atoms with E-state index < -0.39 is 17.6 Å². The summed E-state index contributed by atoms with van der Waals surface area (Å²) in [6.07, 6.45) is -3.67. The maximum absolute atomic E-state index is 12.9. The Hall–Kier alpha value is -2.64. The molecule has 0 saturated carbocycles. The molecule has 0 radical (unpaired) electrons. The number of halogens is 4. The number of benzene rings is 1. The summed E-state index contributed by atoms with van der Waals surface area (Å²) < 4.78 is 52.5. The van der Waals surface area contributed by atoms with Gasteiger partial charge in [0.2, 0.25) is 0 Å². The van der Waals surface area contributed by atoms with Crippen molar-refractivity contribution in [1.29, 1.82) is 0 Å². The first kappa shape index (κ1) is 13.3.